The lowest BCUT2D eigenvalue weighted by molar-refractivity contribution is 0.102. The highest BCUT2D eigenvalue weighted by Crippen LogP contribution is 2.25. The Balaban J connectivity index is 1.51. The topological polar surface area (TPSA) is 76.5 Å². The van der Waals surface area contributed by atoms with E-state index in [4.69, 9.17) is 5.26 Å². The van der Waals surface area contributed by atoms with Crippen molar-refractivity contribution in [1.82, 2.24) is 19.3 Å². The third-order valence-corrected chi connectivity index (χ3v) is 6.17. The second kappa shape index (κ2) is 9.63. The average Bonchev–Trinajstić information content (AvgIpc) is 3.37. The number of hydrogen-bond acceptors (Lipinski definition) is 5. The number of Topliss-reactive ketones (excluding diaryl/α,β-unsaturated/α-hetero) is 1. The quantitative estimate of drug-likeness (QED) is 0.284. The second-order valence-corrected chi connectivity index (χ2v) is 8.12. The van der Waals surface area contributed by atoms with Crippen molar-refractivity contribution in [3.63, 3.8) is 0 Å². The van der Waals surface area contributed by atoms with E-state index < -0.39 is 0 Å². The lowest BCUT2D eigenvalue weighted by atomic mass is 10.1. The summed E-state index contributed by atoms with van der Waals surface area (Å²) in [4.78, 5) is 13.1. The van der Waals surface area contributed by atoms with Gasteiger partial charge in [0.25, 0.3) is 0 Å². The number of benzene rings is 2. The van der Waals surface area contributed by atoms with Crippen molar-refractivity contribution in [2.24, 2.45) is 0 Å². The molecule has 4 aromatic rings. The van der Waals surface area contributed by atoms with Gasteiger partial charge in [-0.1, -0.05) is 60.3 Å². The van der Waals surface area contributed by atoms with Crippen LogP contribution in [0.15, 0.2) is 66.0 Å². The summed E-state index contributed by atoms with van der Waals surface area (Å²) < 4.78 is 4.06. The first-order chi connectivity index (χ1) is 15.2. The van der Waals surface area contributed by atoms with Crippen molar-refractivity contribution in [1.29, 1.82) is 5.26 Å². The van der Waals surface area contributed by atoms with E-state index in [1.54, 1.807) is 0 Å². The van der Waals surface area contributed by atoms with Gasteiger partial charge in [-0.2, -0.15) is 5.26 Å². The molecule has 7 heteroatoms. The van der Waals surface area contributed by atoms with Crippen molar-refractivity contribution in [2.45, 2.75) is 38.0 Å². The van der Waals surface area contributed by atoms with Gasteiger partial charge in [0.05, 0.1) is 18.2 Å². The van der Waals surface area contributed by atoms with E-state index in [1.807, 2.05) is 53.2 Å². The molecule has 2 aromatic carbocycles. The van der Waals surface area contributed by atoms with Gasteiger partial charge in [-0.15, -0.1) is 10.2 Å². The van der Waals surface area contributed by atoms with Crippen LogP contribution in [0.3, 0.4) is 0 Å². The molecule has 0 spiro atoms. The third kappa shape index (κ3) is 4.54. The van der Waals surface area contributed by atoms with Gasteiger partial charge in [0.15, 0.2) is 10.9 Å². The van der Waals surface area contributed by atoms with E-state index in [9.17, 15) is 4.79 Å². The van der Waals surface area contributed by atoms with Crippen LogP contribution >= 0.6 is 11.8 Å². The van der Waals surface area contributed by atoms with Crippen LogP contribution in [0.4, 0.5) is 0 Å². The number of fused-ring (bicyclic) bond motifs is 1. The van der Waals surface area contributed by atoms with Gasteiger partial charge in [-0.25, -0.2) is 0 Å². The first-order valence-electron chi connectivity index (χ1n) is 10.3. The molecule has 2 heterocycles. The van der Waals surface area contributed by atoms with Gasteiger partial charge in [-0.05, 0) is 18.6 Å². The molecule has 156 valence electrons. The minimum Gasteiger partial charge on any atom is -0.346 e. The van der Waals surface area contributed by atoms with E-state index in [0.717, 1.165) is 28.4 Å². The molecular weight excluding hydrogens is 406 g/mol. The maximum Gasteiger partial charge on any atom is 0.191 e. The van der Waals surface area contributed by atoms with Crippen molar-refractivity contribution in [3.05, 3.63) is 77.7 Å². The smallest absolute Gasteiger partial charge is 0.191 e. The summed E-state index contributed by atoms with van der Waals surface area (Å²) in [6.07, 6.45) is 2.99. The number of nitrogens with zero attached hydrogens (tertiary/aromatic N) is 5. The van der Waals surface area contributed by atoms with Gasteiger partial charge >= 0.3 is 0 Å². The molecule has 6 nitrogen and oxygen atoms in total. The van der Waals surface area contributed by atoms with E-state index in [0.29, 0.717) is 24.9 Å². The van der Waals surface area contributed by atoms with E-state index >= 15 is 0 Å². The molecule has 0 saturated carbocycles. The fourth-order valence-electron chi connectivity index (χ4n) is 3.68. The van der Waals surface area contributed by atoms with Crippen molar-refractivity contribution < 1.29 is 4.79 Å². The zero-order valence-corrected chi connectivity index (χ0v) is 18.2. The number of carbonyl (C=O) groups excluding carboxylic acids is 1. The predicted molar refractivity (Wildman–Crippen MR) is 122 cm³/mol. The molecule has 0 atom stereocenters. The maximum atomic E-state index is 13.1. The van der Waals surface area contributed by atoms with Gasteiger partial charge in [0.1, 0.15) is 5.82 Å². The second-order valence-electron chi connectivity index (χ2n) is 7.18. The zero-order valence-electron chi connectivity index (χ0n) is 17.4. The summed E-state index contributed by atoms with van der Waals surface area (Å²) >= 11 is 1.42. The highest BCUT2D eigenvalue weighted by atomic mass is 32.2. The van der Waals surface area contributed by atoms with Crippen LogP contribution in [0.2, 0.25) is 0 Å². The highest BCUT2D eigenvalue weighted by Gasteiger charge is 2.18. The fraction of sp³-hybridized carbons (Fsp3) is 0.250. The molecule has 2 aromatic heterocycles. The first-order valence-corrected chi connectivity index (χ1v) is 11.3. The van der Waals surface area contributed by atoms with Crippen molar-refractivity contribution in [3.8, 4) is 6.07 Å². The number of carbonyl (C=O) groups is 1. The Labute approximate surface area is 185 Å². The minimum absolute atomic E-state index is 0.0483. The normalized spacial score (nSPS) is 11.0. The molecule has 0 aliphatic rings. The molecule has 4 rings (SSSR count). The Hall–Kier alpha value is -3.37. The SMILES string of the molecule is CCn1c(Cc2ccccc2)nnc1SCC(=O)c1cn(CCC#N)c2ccccc12. The number of aryl methyl sites for hydroxylation is 1. The molecule has 0 fully saturated rings. The van der Waals surface area contributed by atoms with E-state index in [-0.39, 0.29) is 11.5 Å². The Kier molecular flexibility index (Phi) is 6.48. The fourth-order valence-corrected chi connectivity index (χ4v) is 4.59. The minimum atomic E-state index is 0.0483. The molecular formula is C24H23N5OS. The number of ketones is 1. The molecule has 0 bridgehead atoms. The number of hydrogen-bond donors (Lipinski definition) is 0. The molecule has 31 heavy (non-hydrogen) atoms. The molecule has 0 unspecified atom stereocenters. The largest absolute Gasteiger partial charge is 0.346 e. The van der Waals surface area contributed by atoms with Gasteiger partial charge in [0, 0.05) is 42.2 Å². The van der Waals surface area contributed by atoms with Crippen LogP contribution in [0.25, 0.3) is 10.9 Å². The van der Waals surface area contributed by atoms with Crippen LogP contribution in [0, 0.1) is 11.3 Å². The lowest BCUT2D eigenvalue weighted by Gasteiger charge is -2.07. The maximum absolute atomic E-state index is 13.1. The molecule has 0 aliphatic heterocycles. The van der Waals surface area contributed by atoms with Crippen LogP contribution in [-0.4, -0.2) is 30.9 Å². The van der Waals surface area contributed by atoms with Gasteiger partial charge in [0.2, 0.25) is 0 Å². The molecule has 0 N–H and O–H groups in total. The zero-order chi connectivity index (χ0) is 21.6. The summed E-state index contributed by atoms with van der Waals surface area (Å²) in [6.45, 7) is 3.39. The van der Waals surface area contributed by atoms with Gasteiger partial charge < -0.3 is 9.13 Å². The Bertz CT molecular complexity index is 1240. The van der Waals surface area contributed by atoms with Crippen LogP contribution < -0.4 is 0 Å². The van der Waals surface area contributed by atoms with Gasteiger partial charge in [-0.3, -0.25) is 4.79 Å². The summed E-state index contributed by atoms with van der Waals surface area (Å²) in [6, 6.07) is 20.2. The average molecular weight is 430 g/mol. The van der Waals surface area contributed by atoms with Crippen LogP contribution in [0.5, 0.6) is 0 Å². The Morgan fingerprint density at radius 3 is 2.65 bits per heavy atom. The Morgan fingerprint density at radius 2 is 1.87 bits per heavy atom. The Morgan fingerprint density at radius 1 is 1.10 bits per heavy atom. The number of thioether (sulfide) groups is 1. The standard InChI is InChI=1S/C24H23N5OS/c1-2-29-23(15-18-9-4-3-5-10-18)26-27-24(29)31-17-22(30)20-16-28(14-8-13-25)21-12-7-6-11-19(20)21/h3-7,9-12,16H,2,8,14-15,17H2,1H3. The number of para-hydroxylation sites is 1. The van der Waals surface area contributed by atoms with Crippen LogP contribution in [-0.2, 0) is 19.5 Å². The first kappa shape index (κ1) is 20.9. The predicted octanol–water partition coefficient (Wildman–Crippen LogP) is 4.73. The number of rotatable bonds is 9. The van der Waals surface area contributed by atoms with Crippen LogP contribution in [0.1, 0.15) is 35.1 Å². The van der Waals surface area contributed by atoms with E-state index in [1.165, 1.54) is 17.3 Å². The van der Waals surface area contributed by atoms with Crippen molar-refractivity contribution in [2.75, 3.05) is 5.75 Å². The molecule has 0 saturated heterocycles. The highest BCUT2D eigenvalue weighted by molar-refractivity contribution is 7.99. The number of nitriles is 1. The summed E-state index contributed by atoms with van der Waals surface area (Å²) in [5.41, 5.74) is 2.85. The van der Waals surface area contributed by atoms with E-state index in [2.05, 4.69) is 39.9 Å². The molecule has 0 aliphatic carbocycles. The summed E-state index contributed by atoms with van der Waals surface area (Å²) in [5, 5.41) is 19.3. The van der Waals surface area contributed by atoms with Crippen molar-refractivity contribution >= 4 is 28.4 Å². The lowest BCUT2D eigenvalue weighted by Crippen LogP contribution is -2.06. The third-order valence-electron chi connectivity index (χ3n) is 5.20. The monoisotopic (exact) mass is 429 g/mol. The summed E-state index contributed by atoms with van der Waals surface area (Å²) in [7, 11) is 0. The molecule has 0 radical (unpaired) electrons. The number of aromatic nitrogens is 4. The summed E-state index contributed by atoms with van der Waals surface area (Å²) in [5.74, 6) is 1.24. The molecule has 0 amide bonds.